The first-order valence-electron chi connectivity index (χ1n) is 9.51. The van der Waals surface area contributed by atoms with E-state index in [-0.39, 0.29) is 5.91 Å². The van der Waals surface area contributed by atoms with Crippen LogP contribution in [0.1, 0.15) is 50.0 Å². The van der Waals surface area contributed by atoms with Crippen molar-refractivity contribution in [3.63, 3.8) is 0 Å². The van der Waals surface area contributed by atoms with Crippen LogP contribution in [-0.4, -0.2) is 28.5 Å². The molecule has 0 radical (unpaired) electrons. The fourth-order valence-corrected chi connectivity index (χ4v) is 2.83. The summed E-state index contributed by atoms with van der Waals surface area (Å²) >= 11 is 0. The molecule has 0 saturated carbocycles. The topological polar surface area (TPSA) is 83.3 Å². The van der Waals surface area contributed by atoms with Gasteiger partial charge < -0.3 is 16.1 Å². The summed E-state index contributed by atoms with van der Waals surface area (Å²) in [6.45, 7) is 9.04. The molecule has 0 fully saturated rings. The normalized spacial score (nSPS) is 15.6. The molecule has 6 nitrogen and oxygen atoms in total. The Balaban J connectivity index is 0.00000126. The van der Waals surface area contributed by atoms with Gasteiger partial charge in [0.05, 0.1) is 5.70 Å². The van der Waals surface area contributed by atoms with Gasteiger partial charge in [0.15, 0.2) is 0 Å². The number of amides is 1. The van der Waals surface area contributed by atoms with Crippen molar-refractivity contribution < 1.29 is 4.79 Å². The van der Waals surface area contributed by atoms with Gasteiger partial charge in [-0.2, -0.15) is 0 Å². The van der Waals surface area contributed by atoms with Crippen LogP contribution in [-0.2, 0) is 0 Å². The minimum atomic E-state index is -0.205. The number of anilines is 2. The summed E-state index contributed by atoms with van der Waals surface area (Å²) in [4.78, 5) is 16.6. The van der Waals surface area contributed by atoms with Gasteiger partial charge in [-0.05, 0) is 43.7 Å². The van der Waals surface area contributed by atoms with E-state index >= 15 is 0 Å². The van der Waals surface area contributed by atoms with Crippen molar-refractivity contribution >= 4 is 23.2 Å². The highest BCUT2D eigenvalue weighted by molar-refractivity contribution is 6.03. The minimum absolute atomic E-state index is 0.205. The molecule has 0 saturated heterocycles. The predicted molar refractivity (Wildman–Crippen MR) is 112 cm³/mol. The monoisotopic (exact) mass is 367 g/mol. The Bertz CT molecular complexity index is 788. The molecule has 4 N–H and O–H groups in total. The second kappa shape index (κ2) is 9.73. The predicted octanol–water partition coefficient (Wildman–Crippen LogP) is 3.90. The van der Waals surface area contributed by atoms with E-state index in [0.717, 1.165) is 24.2 Å². The van der Waals surface area contributed by atoms with Crippen LogP contribution in [0.5, 0.6) is 0 Å². The van der Waals surface area contributed by atoms with Gasteiger partial charge in [-0.1, -0.05) is 39.0 Å². The van der Waals surface area contributed by atoms with Crippen LogP contribution in [0.25, 0.3) is 5.70 Å². The van der Waals surface area contributed by atoms with Crippen molar-refractivity contribution in [2.45, 2.75) is 40.2 Å². The van der Waals surface area contributed by atoms with E-state index in [4.69, 9.17) is 5.73 Å². The number of carbonyl (C=O) groups is 1. The average Bonchev–Trinajstić information content (AvgIpc) is 3.13. The second-order valence-corrected chi connectivity index (χ2v) is 5.89. The first kappa shape index (κ1) is 20.5. The number of hydrazine groups is 1. The Morgan fingerprint density at radius 1 is 1.19 bits per heavy atom. The minimum Gasteiger partial charge on any atom is -0.383 e. The Morgan fingerprint density at radius 3 is 2.48 bits per heavy atom. The quantitative estimate of drug-likeness (QED) is 0.746. The first-order valence-corrected chi connectivity index (χ1v) is 9.51. The molecule has 27 heavy (non-hydrogen) atoms. The van der Waals surface area contributed by atoms with Crippen molar-refractivity contribution in [2.75, 3.05) is 17.6 Å². The van der Waals surface area contributed by atoms with E-state index in [2.05, 4.69) is 40.7 Å². The first-order chi connectivity index (χ1) is 13.1. The Hall–Kier alpha value is -2.86. The van der Waals surface area contributed by atoms with Crippen molar-refractivity contribution in [1.29, 1.82) is 0 Å². The van der Waals surface area contributed by atoms with Crippen LogP contribution in [0.4, 0.5) is 11.6 Å². The van der Waals surface area contributed by atoms with Crippen LogP contribution >= 0.6 is 0 Å². The third-order valence-electron chi connectivity index (χ3n) is 4.21. The highest BCUT2D eigenvalue weighted by atomic mass is 16.1. The largest absolute Gasteiger partial charge is 0.383 e. The maximum absolute atomic E-state index is 12.2. The van der Waals surface area contributed by atoms with Crippen molar-refractivity contribution in [3.05, 3.63) is 59.7 Å². The van der Waals surface area contributed by atoms with Gasteiger partial charge in [-0.25, -0.2) is 10.4 Å². The number of carbonyl (C=O) groups excluding carboxylic acids is 1. The van der Waals surface area contributed by atoms with E-state index in [9.17, 15) is 4.79 Å². The summed E-state index contributed by atoms with van der Waals surface area (Å²) in [5, 5.41) is 4.86. The number of nitrogens with two attached hydrogens (primary N) is 1. The summed E-state index contributed by atoms with van der Waals surface area (Å²) in [6, 6.07) is 13.0. The number of aromatic nitrogens is 1. The lowest BCUT2D eigenvalue weighted by Crippen LogP contribution is -2.36. The molecule has 2 heterocycles. The van der Waals surface area contributed by atoms with Gasteiger partial charge >= 0.3 is 0 Å². The molecule has 1 atom stereocenters. The highest BCUT2D eigenvalue weighted by Crippen LogP contribution is 2.28. The number of nitrogens with zero attached hydrogens (tertiary/aromatic N) is 2. The Labute approximate surface area is 161 Å². The molecule has 1 aromatic heterocycles. The maximum atomic E-state index is 12.2. The van der Waals surface area contributed by atoms with E-state index in [0.29, 0.717) is 23.2 Å². The molecule has 2 aromatic rings. The van der Waals surface area contributed by atoms with Crippen LogP contribution in [0.3, 0.4) is 0 Å². The van der Waals surface area contributed by atoms with E-state index in [1.54, 1.807) is 18.2 Å². The van der Waals surface area contributed by atoms with E-state index in [1.807, 2.05) is 38.1 Å². The third-order valence-corrected chi connectivity index (χ3v) is 4.21. The molecule has 1 aliphatic rings. The standard InChI is InChI=1S/C19H23N5O.C2H6/c1-3-14-12-16(24(4-2)23-14)15-10-11-17(21-18(15)20)22-19(25)13-8-6-5-7-9-13;1-2/h5-12,14,23H,3-4H2,1-2H3,(H3,20,21,22,25);1-2H3. The van der Waals surface area contributed by atoms with Crippen LogP contribution < -0.4 is 16.5 Å². The van der Waals surface area contributed by atoms with E-state index in [1.165, 1.54) is 0 Å². The smallest absolute Gasteiger partial charge is 0.256 e. The molecule has 1 aromatic carbocycles. The molecular weight excluding hydrogens is 338 g/mol. The number of pyridine rings is 1. The lowest BCUT2D eigenvalue weighted by molar-refractivity contribution is 0.102. The number of nitrogen functional groups attached to an aromatic ring is 1. The molecule has 0 aliphatic carbocycles. The molecule has 0 bridgehead atoms. The number of hydrogen-bond acceptors (Lipinski definition) is 5. The number of benzene rings is 1. The number of nitrogens with one attached hydrogen (secondary N) is 2. The summed E-state index contributed by atoms with van der Waals surface area (Å²) in [6.07, 6.45) is 3.16. The van der Waals surface area contributed by atoms with Gasteiger partial charge in [-0.15, -0.1) is 0 Å². The lowest BCUT2D eigenvalue weighted by atomic mass is 10.1. The summed E-state index contributed by atoms with van der Waals surface area (Å²) in [5.41, 5.74) is 12.1. The Morgan fingerprint density at radius 2 is 1.89 bits per heavy atom. The Kier molecular flexibility index (Phi) is 7.37. The molecule has 0 spiro atoms. The fourth-order valence-electron chi connectivity index (χ4n) is 2.83. The van der Waals surface area contributed by atoms with Gasteiger partial charge in [0.25, 0.3) is 5.91 Å². The van der Waals surface area contributed by atoms with E-state index < -0.39 is 0 Å². The summed E-state index contributed by atoms with van der Waals surface area (Å²) < 4.78 is 0. The van der Waals surface area contributed by atoms with Crippen molar-refractivity contribution in [2.24, 2.45) is 0 Å². The lowest BCUT2D eigenvalue weighted by Gasteiger charge is -2.22. The molecule has 1 aliphatic heterocycles. The summed E-state index contributed by atoms with van der Waals surface area (Å²) in [7, 11) is 0. The highest BCUT2D eigenvalue weighted by Gasteiger charge is 2.23. The van der Waals surface area contributed by atoms with Crippen LogP contribution in [0.15, 0.2) is 48.5 Å². The average molecular weight is 367 g/mol. The molecular formula is C21H29N5O. The van der Waals surface area contributed by atoms with Crippen LogP contribution in [0, 0.1) is 0 Å². The molecule has 144 valence electrons. The SMILES string of the molecule is CC.CCC1C=C(c2ccc(NC(=O)c3ccccc3)nc2N)N(CC)N1. The molecule has 1 amide bonds. The fraction of sp³-hybridized carbons (Fsp3) is 0.333. The van der Waals surface area contributed by atoms with Crippen molar-refractivity contribution in [1.82, 2.24) is 15.4 Å². The molecule has 6 heteroatoms. The zero-order valence-corrected chi connectivity index (χ0v) is 16.5. The van der Waals surface area contributed by atoms with Gasteiger partial charge in [-0.3, -0.25) is 4.79 Å². The number of rotatable bonds is 5. The van der Waals surface area contributed by atoms with Gasteiger partial charge in [0, 0.05) is 23.7 Å². The zero-order chi connectivity index (χ0) is 19.8. The van der Waals surface area contributed by atoms with Gasteiger partial charge in [0.2, 0.25) is 0 Å². The van der Waals surface area contributed by atoms with Crippen LogP contribution in [0.2, 0.25) is 0 Å². The van der Waals surface area contributed by atoms with Crippen molar-refractivity contribution in [3.8, 4) is 0 Å². The van der Waals surface area contributed by atoms with Gasteiger partial charge in [0.1, 0.15) is 11.6 Å². The zero-order valence-electron chi connectivity index (χ0n) is 16.5. The third kappa shape index (κ3) is 4.86. The maximum Gasteiger partial charge on any atom is 0.256 e. The molecule has 3 rings (SSSR count). The summed E-state index contributed by atoms with van der Waals surface area (Å²) in [5.74, 6) is 0.633. The second-order valence-electron chi connectivity index (χ2n) is 5.89. The number of hydrogen-bond donors (Lipinski definition) is 3. The molecule has 1 unspecified atom stereocenters.